The van der Waals surface area contributed by atoms with E-state index in [1.54, 1.807) is 42.5 Å². The van der Waals surface area contributed by atoms with Crippen molar-refractivity contribution in [1.29, 1.82) is 0 Å². The van der Waals surface area contributed by atoms with Crippen LogP contribution in [0.4, 0.5) is 5.69 Å². The molecule has 0 aliphatic carbocycles. The van der Waals surface area contributed by atoms with Gasteiger partial charge >= 0.3 is 0 Å². The fourth-order valence-electron chi connectivity index (χ4n) is 3.37. The summed E-state index contributed by atoms with van der Waals surface area (Å²) < 4.78 is 27.4. The van der Waals surface area contributed by atoms with Crippen LogP contribution in [0.1, 0.15) is 23.2 Å². The lowest BCUT2D eigenvalue weighted by molar-refractivity contribution is 0.0952. The van der Waals surface area contributed by atoms with Gasteiger partial charge in [0.15, 0.2) is 0 Å². The van der Waals surface area contributed by atoms with Crippen LogP contribution in [0.5, 0.6) is 0 Å². The molecule has 30 heavy (non-hydrogen) atoms. The Bertz CT molecular complexity index is 926. The number of amides is 1. The fourth-order valence-corrected chi connectivity index (χ4v) is 4.44. The molecule has 2 aromatic rings. The molecule has 3 rings (SSSR count). The maximum absolute atomic E-state index is 12.5. The van der Waals surface area contributed by atoms with Crippen molar-refractivity contribution in [3.8, 4) is 0 Å². The van der Waals surface area contributed by atoms with E-state index in [2.05, 4.69) is 26.9 Å². The van der Waals surface area contributed by atoms with E-state index in [0.29, 0.717) is 17.8 Å². The van der Waals surface area contributed by atoms with Crippen molar-refractivity contribution in [2.45, 2.75) is 17.7 Å². The first-order valence-electron chi connectivity index (χ1n) is 10.3. The number of carbonyl (C=O) groups excluding carboxylic acids is 1. The van der Waals surface area contributed by atoms with E-state index in [0.717, 1.165) is 45.6 Å². The van der Waals surface area contributed by atoms with Crippen LogP contribution in [-0.4, -0.2) is 70.4 Å². The zero-order valence-corrected chi connectivity index (χ0v) is 18.2. The van der Waals surface area contributed by atoms with Crippen LogP contribution >= 0.6 is 0 Å². The molecular formula is C22H30N4O3S. The molecule has 1 aliphatic rings. The molecule has 7 nitrogen and oxygen atoms in total. The molecule has 0 aromatic heterocycles. The number of hydrogen-bond acceptors (Lipinski definition) is 5. The number of likely N-dealkylation sites (N-methyl/N-ethyl adjacent to an activating group) is 1. The van der Waals surface area contributed by atoms with Crippen LogP contribution in [0.2, 0.25) is 0 Å². The van der Waals surface area contributed by atoms with Gasteiger partial charge in [0.2, 0.25) is 0 Å². The standard InChI is InChI=1S/C22H30N4O3S/c1-25-14-16-26(17-15-25)13-6-5-12-23-22(27)19-8-7-9-20(18-19)24-30(28,29)21-10-3-2-4-11-21/h2-4,7-11,18,24H,5-6,12-17H2,1H3,(H,23,27). The summed E-state index contributed by atoms with van der Waals surface area (Å²) in [6.07, 6.45) is 1.96. The summed E-state index contributed by atoms with van der Waals surface area (Å²) in [7, 11) is -1.54. The maximum Gasteiger partial charge on any atom is 0.261 e. The van der Waals surface area contributed by atoms with E-state index in [-0.39, 0.29) is 10.8 Å². The average molecular weight is 431 g/mol. The highest BCUT2D eigenvalue weighted by atomic mass is 32.2. The zero-order chi connectivity index (χ0) is 21.4. The van der Waals surface area contributed by atoms with Crippen molar-refractivity contribution in [3.05, 3.63) is 60.2 Å². The molecule has 2 aromatic carbocycles. The minimum absolute atomic E-state index is 0.181. The lowest BCUT2D eigenvalue weighted by atomic mass is 10.2. The minimum Gasteiger partial charge on any atom is -0.352 e. The number of piperazine rings is 1. The molecule has 162 valence electrons. The van der Waals surface area contributed by atoms with Gasteiger partial charge in [0.05, 0.1) is 4.90 Å². The first kappa shape index (κ1) is 22.3. The van der Waals surface area contributed by atoms with Gasteiger partial charge in [-0.1, -0.05) is 24.3 Å². The van der Waals surface area contributed by atoms with Gasteiger partial charge in [0, 0.05) is 44.0 Å². The van der Waals surface area contributed by atoms with Crippen molar-refractivity contribution >= 4 is 21.6 Å². The summed E-state index contributed by atoms with van der Waals surface area (Å²) in [4.78, 5) is 17.4. The van der Waals surface area contributed by atoms with Crippen molar-refractivity contribution in [1.82, 2.24) is 15.1 Å². The third-order valence-corrected chi connectivity index (χ3v) is 6.61. The molecule has 0 spiro atoms. The predicted molar refractivity (Wildman–Crippen MR) is 119 cm³/mol. The second kappa shape index (κ2) is 10.6. The minimum atomic E-state index is -3.68. The summed E-state index contributed by atoms with van der Waals surface area (Å²) in [6, 6.07) is 14.7. The van der Waals surface area contributed by atoms with Gasteiger partial charge in [0.1, 0.15) is 0 Å². The van der Waals surface area contributed by atoms with Crippen molar-refractivity contribution < 1.29 is 13.2 Å². The summed E-state index contributed by atoms with van der Waals surface area (Å²) in [6.45, 7) is 6.10. The van der Waals surface area contributed by atoms with Crippen LogP contribution < -0.4 is 10.0 Å². The lowest BCUT2D eigenvalue weighted by Gasteiger charge is -2.32. The van der Waals surface area contributed by atoms with E-state index in [4.69, 9.17) is 0 Å². The Morgan fingerprint density at radius 1 is 0.967 bits per heavy atom. The molecule has 0 unspecified atom stereocenters. The number of unbranched alkanes of at least 4 members (excludes halogenated alkanes) is 1. The molecule has 1 aliphatic heterocycles. The Morgan fingerprint density at radius 2 is 1.70 bits per heavy atom. The molecule has 1 fully saturated rings. The summed E-state index contributed by atoms with van der Waals surface area (Å²) in [5.74, 6) is -0.199. The molecule has 2 N–H and O–H groups in total. The van der Waals surface area contributed by atoms with Gasteiger partial charge in [-0.25, -0.2) is 8.42 Å². The molecule has 1 heterocycles. The number of carbonyl (C=O) groups is 1. The van der Waals surface area contributed by atoms with Crippen molar-refractivity contribution in [3.63, 3.8) is 0 Å². The highest BCUT2D eigenvalue weighted by Gasteiger charge is 2.15. The summed E-state index contributed by atoms with van der Waals surface area (Å²) in [5, 5.41) is 2.92. The molecule has 0 radical (unpaired) electrons. The highest BCUT2D eigenvalue weighted by Crippen LogP contribution is 2.17. The third kappa shape index (κ3) is 6.55. The predicted octanol–water partition coefficient (Wildman–Crippen LogP) is 2.24. The quantitative estimate of drug-likeness (QED) is 0.597. The second-order valence-corrected chi connectivity index (χ2v) is 9.29. The van der Waals surface area contributed by atoms with Gasteiger partial charge in [-0.3, -0.25) is 9.52 Å². The smallest absolute Gasteiger partial charge is 0.261 e. The SMILES string of the molecule is CN1CCN(CCCCNC(=O)c2cccc(NS(=O)(=O)c3ccccc3)c2)CC1. The Morgan fingerprint density at radius 3 is 2.43 bits per heavy atom. The topological polar surface area (TPSA) is 81.8 Å². The highest BCUT2D eigenvalue weighted by molar-refractivity contribution is 7.92. The number of nitrogens with one attached hydrogen (secondary N) is 2. The molecule has 1 amide bonds. The number of rotatable bonds is 9. The monoisotopic (exact) mass is 430 g/mol. The Labute approximate surface area is 179 Å². The van der Waals surface area contributed by atoms with E-state index < -0.39 is 10.0 Å². The van der Waals surface area contributed by atoms with Crippen LogP contribution in [0.3, 0.4) is 0 Å². The van der Waals surface area contributed by atoms with Gasteiger partial charge in [-0.2, -0.15) is 0 Å². The van der Waals surface area contributed by atoms with Gasteiger partial charge in [0.25, 0.3) is 15.9 Å². The van der Waals surface area contributed by atoms with Crippen molar-refractivity contribution in [2.24, 2.45) is 0 Å². The molecule has 8 heteroatoms. The fraction of sp³-hybridized carbons (Fsp3) is 0.409. The Balaban J connectivity index is 1.45. The Hall–Kier alpha value is -2.42. The van der Waals surface area contributed by atoms with Crippen molar-refractivity contribution in [2.75, 3.05) is 51.0 Å². The zero-order valence-electron chi connectivity index (χ0n) is 17.4. The molecule has 0 atom stereocenters. The second-order valence-electron chi connectivity index (χ2n) is 7.61. The van der Waals surface area contributed by atoms with Gasteiger partial charge in [-0.15, -0.1) is 0 Å². The Kier molecular flexibility index (Phi) is 7.84. The number of anilines is 1. The molecule has 0 saturated carbocycles. The normalized spacial score (nSPS) is 15.6. The van der Waals surface area contributed by atoms with Crippen LogP contribution in [0.15, 0.2) is 59.5 Å². The molecule has 1 saturated heterocycles. The number of hydrogen-bond donors (Lipinski definition) is 2. The van der Waals surface area contributed by atoms with E-state index in [9.17, 15) is 13.2 Å². The van der Waals surface area contributed by atoms with Crippen LogP contribution in [0, 0.1) is 0 Å². The maximum atomic E-state index is 12.5. The largest absolute Gasteiger partial charge is 0.352 e. The first-order valence-corrected chi connectivity index (χ1v) is 11.8. The molecule has 0 bridgehead atoms. The average Bonchev–Trinajstić information content (AvgIpc) is 2.75. The van der Waals surface area contributed by atoms with Crippen LogP contribution in [-0.2, 0) is 10.0 Å². The van der Waals surface area contributed by atoms with E-state index >= 15 is 0 Å². The third-order valence-electron chi connectivity index (χ3n) is 5.21. The van der Waals surface area contributed by atoms with Gasteiger partial charge in [-0.05, 0) is 56.8 Å². The first-order chi connectivity index (χ1) is 14.4. The number of benzene rings is 2. The van der Waals surface area contributed by atoms with Crippen LogP contribution in [0.25, 0.3) is 0 Å². The van der Waals surface area contributed by atoms with E-state index in [1.165, 1.54) is 12.1 Å². The van der Waals surface area contributed by atoms with E-state index in [1.807, 2.05) is 0 Å². The lowest BCUT2D eigenvalue weighted by Crippen LogP contribution is -2.44. The number of sulfonamides is 1. The summed E-state index contributed by atoms with van der Waals surface area (Å²) in [5.41, 5.74) is 0.795. The number of nitrogens with zero attached hydrogens (tertiary/aromatic N) is 2. The summed E-state index contributed by atoms with van der Waals surface area (Å²) >= 11 is 0. The van der Waals surface area contributed by atoms with Gasteiger partial charge < -0.3 is 15.1 Å². The molecular weight excluding hydrogens is 400 g/mol.